The molecule has 4 rings (SSSR count). The number of rotatable bonds is 5. The number of carbonyl (C=O) groups excluding carboxylic acids is 2. The largest absolute Gasteiger partial charge is 0.466 e. The Balaban J connectivity index is 1.51. The maximum Gasteiger partial charge on any atom is 0.312 e. The first-order valence-corrected chi connectivity index (χ1v) is 8.51. The Kier molecular flexibility index (Phi) is 3.68. The Bertz CT molecular complexity index is 686. The van der Waals surface area contributed by atoms with E-state index in [9.17, 15) is 9.59 Å². The van der Waals surface area contributed by atoms with Crippen molar-refractivity contribution in [2.45, 2.75) is 25.0 Å². The molecule has 2 saturated heterocycles. The van der Waals surface area contributed by atoms with E-state index in [-0.39, 0.29) is 18.0 Å². The highest BCUT2D eigenvalue weighted by molar-refractivity contribution is 5.91. The lowest BCUT2D eigenvalue weighted by Gasteiger charge is -2.22. The van der Waals surface area contributed by atoms with Crippen molar-refractivity contribution in [3.63, 3.8) is 0 Å². The summed E-state index contributed by atoms with van der Waals surface area (Å²) in [5.41, 5.74) is 0.554. The van der Waals surface area contributed by atoms with E-state index < -0.39 is 17.4 Å². The third-order valence-electron chi connectivity index (χ3n) is 5.25. The summed E-state index contributed by atoms with van der Waals surface area (Å²) in [5.74, 6) is -1.26. The zero-order valence-corrected chi connectivity index (χ0v) is 13.7. The first-order valence-electron chi connectivity index (χ1n) is 8.51. The molecule has 1 aromatic carbocycles. The van der Waals surface area contributed by atoms with Gasteiger partial charge in [0.2, 0.25) is 5.91 Å². The molecule has 1 spiro atoms. The number of ether oxygens (including phenoxy) is 2. The second-order valence-corrected chi connectivity index (χ2v) is 6.65. The van der Waals surface area contributed by atoms with Crippen molar-refractivity contribution < 1.29 is 19.1 Å². The van der Waals surface area contributed by atoms with E-state index in [1.54, 1.807) is 6.92 Å². The Hall–Kier alpha value is -2.14. The minimum atomic E-state index is -0.643. The molecule has 3 aliphatic rings. The third kappa shape index (κ3) is 2.26. The van der Waals surface area contributed by atoms with Crippen molar-refractivity contribution in [1.29, 1.82) is 0 Å². The molecule has 2 bridgehead atoms. The molecule has 5 heteroatoms. The summed E-state index contributed by atoms with van der Waals surface area (Å²) in [6.07, 6.45) is 4.35. The molecule has 0 saturated carbocycles. The predicted octanol–water partition coefficient (Wildman–Crippen LogP) is 1.57. The summed E-state index contributed by atoms with van der Waals surface area (Å²) in [6.45, 7) is 3.25. The number of carbonyl (C=O) groups is 2. The Morgan fingerprint density at radius 1 is 1.38 bits per heavy atom. The highest BCUT2D eigenvalue weighted by atomic mass is 16.6. The molecule has 126 valence electrons. The van der Waals surface area contributed by atoms with Crippen LogP contribution in [0, 0.1) is 11.8 Å². The molecule has 1 aromatic rings. The fourth-order valence-corrected chi connectivity index (χ4v) is 4.18. The topological polar surface area (TPSA) is 55.8 Å². The van der Waals surface area contributed by atoms with Crippen molar-refractivity contribution in [1.82, 2.24) is 4.90 Å². The summed E-state index contributed by atoms with van der Waals surface area (Å²) in [5, 5.41) is 0. The first-order chi connectivity index (χ1) is 11.6. The van der Waals surface area contributed by atoms with Crippen molar-refractivity contribution in [3.05, 3.63) is 48.0 Å². The number of amides is 1. The molecule has 2 fully saturated rings. The van der Waals surface area contributed by atoms with E-state index in [1.165, 1.54) is 5.56 Å². The molecular weight excluding hydrogens is 306 g/mol. The van der Waals surface area contributed by atoms with Gasteiger partial charge in [0, 0.05) is 6.54 Å². The van der Waals surface area contributed by atoms with Gasteiger partial charge in [-0.15, -0.1) is 0 Å². The second kappa shape index (κ2) is 5.74. The van der Waals surface area contributed by atoms with E-state index >= 15 is 0 Å². The van der Waals surface area contributed by atoms with E-state index in [2.05, 4.69) is 12.1 Å². The van der Waals surface area contributed by atoms with Crippen LogP contribution in [0.15, 0.2) is 42.5 Å². The minimum Gasteiger partial charge on any atom is -0.466 e. The smallest absolute Gasteiger partial charge is 0.312 e. The molecule has 5 nitrogen and oxygen atoms in total. The van der Waals surface area contributed by atoms with E-state index in [4.69, 9.17) is 9.47 Å². The van der Waals surface area contributed by atoms with Crippen LogP contribution in [0.25, 0.3) is 0 Å². The number of hydrogen-bond acceptors (Lipinski definition) is 4. The Morgan fingerprint density at radius 3 is 2.92 bits per heavy atom. The lowest BCUT2D eigenvalue weighted by atomic mass is 9.77. The molecule has 3 aliphatic heterocycles. The van der Waals surface area contributed by atoms with Gasteiger partial charge in [-0.2, -0.15) is 0 Å². The lowest BCUT2D eigenvalue weighted by Crippen LogP contribution is -2.40. The SMILES string of the molecule is CCOC(=O)[C@H]1[C@H]2C(=O)N(CCc3ccccc3)C[C@@]23C=C[C@H]1O3. The number of esters is 1. The molecule has 0 aliphatic carbocycles. The summed E-state index contributed by atoms with van der Waals surface area (Å²) >= 11 is 0. The number of hydrogen-bond donors (Lipinski definition) is 0. The first kappa shape index (κ1) is 15.4. The summed E-state index contributed by atoms with van der Waals surface area (Å²) < 4.78 is 11.2. The van der Waals surface area contributed by atoms with Crippen molar-refractivity contribution in [2.75, 3.05) is 19.7 Å². The van der Waals surface area contributed by atoms with Crippen LogP contribution in [-0.4, -0.2) is 48.2 Å². The van der Waals surface area contributed by atoms with Crippen LogP contribution >= 0.6 is 0 Å². The minimum absolute atomic E-state index is 0.0100. The number of nitrogens with zero attached hydrogens (tertiary/aromatic N) is 1. The van der Waals surface area contributed by atoms with Crippen LogP contribution in [0.4, 0.5) is 0 Å². The third-order valence-corrected chi connectivity index (χ3v) is 5.25. The molecular formula is C19H21NO4. The molecule has 0 radical (unpaired) electrons. The normalized spacial score (nSPS) is 33.1. The number of benzene rings is 1. The van der Waals surface area contributed by atoms with Crippen LogP contribution < -0.4 is 0 Å². The van der Waals surface area contributed by atoms with Gasteiger partial charge >= 0.3 is 5.97 Å². The van der Waals surface area contributed by atoms with Gasteiger partial charge in [0.05, 0.1) is 25.2 Å². The monoisotopic (exact) mass is 327 g/mol. The summed E-state index contributed by atoms with van der Waals surface area (Å²) in [7, 11) is 0. The van der Waals surface area contributed by atoms with Gasteiger partial charge in [0.1, 0.15) is 11.5 Å². The fourth-order valence-electron chi connectivity index (χ4n) is 4.18. The number of fused-ring (bicyclic) bond motifs is 1. The highest BCUT2D eigenvalue weighted by Gasteiger charge is 2.67. The van der Waals surface area contributed by atoms with Gasteiger partial charge in [-0.25, -0.2) is 0 Å². The quantitative estimate of drug-likeness (QED) is 0.608. The van der Waals surface area contributed by atoms with Gasteiger partial charge in [0.15, 0.2) is 0 Å². The van der Waals surface area contributed by atoms with Crippen LogP contribution in [0.5, 0.6) is 0 Å². The van der Waals surface area contributed by atoms with Gasteiger partial charge in [0.25, 0.3) is 0 Å². The van der Waals surface area contributed by atoms with Crippen LogP contribution in [0.3, 0.4) is 0 Å². The zero-order valence-electron chi connectivity index (χ0n) is 13.7. The average molecular weight is 327 g/mol. The highest BCUT2D eigenvalue weighted by Crippen LogP contribution is 2.52. The Morgan fingerprint density at radius 2 is 2.17 bits per heavy atom. The van der Waals surface area contributed by atoms with E-state index in [1.807, 2.05) is 35.3 Å². The van der Waals surface area contributed by atoms with Crippen molar-refractivity contribution in [3.8, 4) is 0 Å². The standard InChI is InChI=1S/C19H21NO4/c1-2-23-18(22)15-14-8-10-19(24-14)12-20(17(21)16(15)19)11-9-13-6-4-3-5-7-13/h3-8,10,14-16H,2,9,11-12H2,1H3/t14-,15-,16+,19+/m1/s1. The molecule has 0 N–H and O–H groups in total. The van der Waals surface area contributed by atoms with Crippen LogP contribution in [0.1, 0.15) is 12.5 Å². The fraction of sp³-hybridized carbons (Fsp3) is 0.474. The van der Waals surface area contributed by atoms with Gasteiger partial charge in [-0.3, -0.25) is 9.59 Å². The zero-order chi connectivity index (χ0) is 16.7. The van der Waals surface area contributed by atoms with Gasteiger partial charge in [-0.05, 0) is 18.9 Å². The lowest BCUT2D eigenvalue weighted by molar-refractivity contribution is -0.153. The maximum atomic E-state index is 12.9. The molecule has 4 atom stereocenters. The molecule has 0 unspecified atom stereocenters. The average Bonchev–Trinajstić information content (AvgIpc) is 3.22. The maximum absolute atomic E-state index is 12.9. The molecule has 1 amide bonds. The van der Waals surface area contributed by atoms with Gasteiger partial charge in [-0.1, -0.05) is 42.5 Å². The van der Waals surface area contributed by atoms with E-state index in [0.717, 1.165) is 6.42 Å². The molecule has 0 aromatic heterocycles. The Labute approximate surface area is 141 Å². The predicted molar refractivity (Wildman–Crippen MR) is 87.1 cm³/mol. The van der Waals surface area contributed by atoms with Crippen LogP contribution in [0.2, 0.25) is 0 Å². The van der Waals surface area contributed by atoms with Gasteiger partial charge < -0.3 is 14.4 Å². The summed E-state index contributed by atoms with van der Waals surface area (Å²) in [6, 6.07) is 10.1. The van der Waals surface area contributed by atoms with Crippen molar-refractivity contribution >= 4 is 11.9 Å². The summed E-state index contributed by atoms with van der Waals surface area (Å²) in [4.78, 5) is 27.0. The van der Waals surface area contributed by atoms with Crippen molar-refractivity contribution in [2.24, 2.45) is 11.8 Å². The molecule has 24 heavy (non-hydrogen) atoms. The second-order valence-electron chi connectivity index (χ2n) is 6.65. The number of likely N-dealkylation sites (tertiary alicyclic amines) is 1. The van der Waals surface area contributed by atoms with E-state index in [0.29, 0.717) is 19.7 Å². The molecule has 3 heterocycles. The van der Waals surface area contributed by atoms with Crippen LogP contribution in [-0.2, 0) is 25.5 Å².